The van der Waals surface area contributed by atoms with E-state index in [-0.39, 0.29) is 11.4 Å². The quantitative estimate of drug-likeness (QED) is 0.669. The Morgan fingerprint density at radius 3 is 2.59 bits per heavy atom. The van der Waals surface area contributed by atoms with Gasteiger partial charge in [-0.3, -0.25) is 14.3 Å². The van der Waals surface area contributed by atoms with Gasteiger partial charge in [0.2, 0.25) is 5.91 Å². The Hall–Kier alpha value is -1.83. The molecule has 2 heterocycles. The van der Waals surface area contributed by atoms with Crippen LogP contribution < -0.4 is 5.32 Å². The number of rotatable bonds is 8. The molecule has 1 N–H and O–H groups in total. The lowest BCUT2D eigenvalue weighted by molar-refractivity contribution is -0.119. The van der Waals surface area contributed by atoms with Gasteiger partial charge in [0.1, 0.15) is 0 Å². The van der Waals surface area contributed by atoms with E-state index in [0.29, 0.717) is 18.2 Å². The number of morpholine rings is 1. The van der Waals surface area contributed by atoms with Gasteiger partial charge in [-0.05, 0) is 37.5 Å². The van der Waals surface area contributed by atoms with Gasteiger partial charge in [0.25, 0.3) is 0 Å². The second-order valence-corrected chi connectivity index (χ2v) is 9.25. The Morgan fingerprint density at radius 2 is 1.93 bits per heavy atom. The zero-order chi connectivity index (χ0) is 20.9. The number of carbonyl (C=O) groups excluding carboxylic acids is 1. The first-order valence-electron chi connectivity index (χ1n) is 10.2. The van der Waals surface area contributed by atoms with Crippen molar-refractivity contribution < 1.29 is 9.53 Å². The number of nitrogens with zero attached hydrogens (tertiary/aromatic N) is 3. The summed E-state index contributed by atoms with van der Waals surface area (Å²) in [5.74, 6) is 0.882. The summed E-state index contributed by atoms with van der Waals surface area (Å²) in [6.45, 7) is 12.7. The average molecular weight is 417 g/mol. The van der Waals surface area contributed by atoms with E-state index in [2.05, 4.69) is 67.2 Å². The summed E-state index contributed by atoms with van der Waals surface area (Å²) in [6, 6.07) is 8.50. The van der Waals surface area contributed by atoms with E-state index >= 15 is 0 Å². The molecule has 2 aromatic rings. The first kappa shape index (κ1) is 21.9. The second-order valence-electron chi connectivity index (χ2n) is 8.30. The number of amides is 1. The summed E-state index contributed by atoms with van der Waals surface area (Å²) in [5, 5.41) is 3.91. The lowest BCUT2D eigenvalue weighted by atomic mass is 10.0. The Labute approximate surface area is 178 Å². The van der Waals surface area contributed by atoms with Crippen LogP contribution in [-0.2, 0) is 9.53 Å². The van der Waals surface area contributed by atoms with E-state index in [1.807, 2.05) is 10.8 Å². The second kappa shape index (κ2) is 9.78. The molecule has 1 saturated heterocycles. The van der Waals surface area contributed by atoms with Crippen LogP contribution in [0.25, 0.3) is 5.69 Å². The number of hydrogen-bond donors (Lipinski definition) is 1. The molecule has 1 amide bonds. The standard InChI is InChI=1S/C22H32N4O2S/c1-17(2)18-5-7-19(8-6-18)26-10-9-23-21(26)29-15-20(27)24-16-22(3,4)25-11-13-28-14-12-25/h5-10,17H,11-16H2,1-4H3,(H,24,27). The molecule has 6 nitrogen and oxygen atoms in total. The van der Waals surface area contributed by atoms with Crippen LogP contribution in [0.15, 0.2) is 41.8 Å². The number of aromatic nitrogens is 2. The van der Waals surface area contributed by atoms with Crippen molar-refractivity contribution in [2.24, 2.45) is 0 Å². The Morgan fingerprint density at radius 1 is 1.24 bits per heavy atom. The van der Waals surface area contributed by atoms with Crippen LogP contribution in [0.3, 0.4) is 0 Å². The lowest BCUT2D eigenvalue weighted by Gasteiger charge is -2.40. The number of nitrogens with one attached hydrogen (secondary N) is 1. The molecule has 1 aromatic heterocycles. The molecule has 7 heteroatoms. The predicted octanol–water partition coefficient (Wildman–Crippen LogP) is 3.31. The fraction of sp³-hybridized carbons (Fsp3) is 0.545. The smallest absolute Gasteiger partial charge is 0.230 e. The Balaban J connectivity index is 1.52. The molecule has 29 heavy (non-hydrogen) atoms. The number of ether oxygens (including phenoxy) is 1. The molecule has 3 rings (SSSR count). The highest BCUT2D eigenvalue weighted by atomic mass is 32.2. The van der Waals surface area contributed by atoms with Crippen LogP contribution in [0.4, 0.5) is 0 Å². The third-order valence-corrected chi connectivity index (χ3v) is 6.33. The molecular formula is C22H32N4O2S. The summed E-state index contributed by atoms with van der Waals surface area (Å²) in [5.41, 5.74) is 2.29. The molecule has 0 bridgehead atoms. The summed E-state index contributed by atoms with van der Waals surface area (Å²) in [6.07, 6.45) is 3.71. The molecule has 1 aliphatic heterocycles. The Bertz CT molecular complexity index is 795. The van der Waals surface area contributed by atoms with Gasteiger partial charge >= 0.3 is 0 Å². The van der Waals surface area contributed by atoms with Gasteiger partial charge in [-0.15, -0.1) is 0 Å². The van der Waals surface area contributed by atoms with Crippen LogP contribution in [0.5, 0.6) is 0 Å². The molecule has 0 saturated carbocycles. The van der Waals surface area contributed by atoms with Crippen molar-refractivity contribution in [1.29, 1.82) is 0 Å². The van der Waals surface area contributed by atoms with Crippen LogP contribution in [0.2, 0.25) is 0 Å². The molecule has 0 spiro atoms. The number of imidazole rings is 1. The minimum Gasteiger partial charge on any atom is -0.379 e. The van der Waals surface area contributed by atoms with Gasteiger partial charge in [-0.25, -0.2) is 4.98 Å². The van der Waals surface area contributed by atoms with Crippen LogP contribution in [0, 0.1) is 0 Å². The van der Waals surface area contributed by atoms with Crippen LogP contribution >= 0.6 is 11.8 Å². The van der Waals surface area contributed by atoms with E-state index < -0.39 is 0 Å². The molecule has 1 aromatic carbocycles. The van der Waals surface area contributed by atoms with Crippen molar-refractivity contribution in [3.63, 3.8) is 0 Å². The maximum Gasteiger partial charge on any atom is 0.230 e. The zero-order valence-electron chi connectivity index (χ0n) is 17.9. The molecule has 1 fully saturated rings. The Kier molecular flexibility index (Phi) is 7.38. The zero-order valence-corrected chi connectivity index (χ0v) is 18.7. The largest absolute Gasteiger partial charge is 0.379 e. The van der Waals surface area contributed by atoms with Crippen molar-refractivity contribution >= 4 is 17.7 Å². The van der Waals surface area contributed by atoms with Crippen molar-refractivity contribution in [1.82, 2.24) is 19.8 Å². The third-order valence-electron chi connectivity index (χ3n) is 5.36. The normalized spacial score (nSPS) is 15.6. The fourth-order valence-corrected chi connectivity index (χ4v) is 4.19. The first-order valence-corrected chi connectivity index (χ1v) is 11.2. The van der Waals surface area contributed by atoms with Crippen molar-refractivity contribution in [3.05, 3.63) is 42.2 Å². The van der Waals surface area contributed by atoms with Gasteiger partial charge in [-0.1, -0.05) is 37.7 Å². The van der Waals surface area contributed by atoms with Gasteiger partial charge in [0, 0.05) is 43.3 Å². The minimum absolute atomic E-state index is 0.0287. The number of thioether (sulfide) groups is 1. The van der Waals surface area contributed by atoms with E-state index in [1.165, 1.54) is 17.3 Å². The van der Waals surface area contributed by atoms with Gasteiger partial charge in [-0.2, -0.15) is 0 Å². The maximum atomic E-state index is 12.4. The predicted molar refractivity (Wildman–Crippen MR) is 118 cm³/mol. The molecule has 0 aliphatic carbocycles. The highest BCUT2D eigenvalue weighted by Crippen LogP contribution is 2.22. The fourth-order valence-electron chi connectivity index (χ4n) is 3.39. The monoisotopic (exact) mass is 416 g/mol. The van der Waals surface area contributed by atoms with Crippen LogP contribution in [-0.4, -0.2) is 64.5 Å². The first-order chi connectivity index (χ1) is 13.9. The van der Waals surface area contributed by atoms with Crippen molar-refractivity contribution in [2.45, 2.75) is 44.3 Å². The summed E-state index contributed by atoms with van der Waals surface area (Å²) >= 11 is 1.46. The van der Waals surface area contributed by atoms with E-state index in [0.717, 1.165) is 37.1 Å². The SMILES string of the molecule is CC(C)c1ccc(-n2ccnc2SCC(=O)NCC(C)(C)N2CCOCC2)cc1. The van der Waals surface area contributed by atoms with Gasteiger partial charge < -0.3 is 10.1 Å². The molecule has 158 valence electrons. The van der Waals surface area contributed by atoms with E-state index in [4.69, 9.17) is 4.74 Å². The summed E-state index contributed by atoms with van der Waals surface area (Å²) < 4.78 is 7.45. The number of benzene rings is 1. The molecule has 0 radical (unpaired) electrons. The number of hydrogen-bond acceptors (Lipinski definition) is 5. The topological polar surface area (TPSA) is 59.4 Å². The van der Waals surface area contributed by atoms with E-state index in [1.54, 1.807) is 6.20 Å². The maximum absolute atomic E-state index is 12.4. The average Bonchev–Trinajstić information content (AvgIpc) is 3.20. The van der Waals surface area contributed by atoms with Crippen LogP contribution in [0.1, 0.15) is 39.2 Å². The molecule has 1 aliphatic rings. The summed E-state index contributed by atoms with van der Waals surface area (Å²) in [7, 11) is 0. The third kappa shape index (κ3) is 5.84. The highest BCUT2D eigenvalue weighted by Gasteiger charge is 2.28. The molecule has 0 atom stereocenters. The van der Waals surface area contributed by atoms with Crippen molar-refractivity contribution in [2.75, 3.05) is 38.6 Å². The highest BCUT2D eigenvalue weighted by molar-refractivity contribution is 7.99. The van der Waals surface area contributed by atoms with Gasteiger partial charge in [0.15, 0.2) is 5.16 Å². The lowest BCUT2D eigenvalue weighted by Crippen LogP contribution is -2.55. The molecular weight excluding hydrogens is 384 g/mol. The number of carbonyl (C=O) groups is 1. The van der Waals surface area contributed by atoms with Gasteiger partial charge in [0.05, 0.1) is 19.0 Å². The molecule has 0 unspecified atom stereocenters. The van der Waals surface area contributed by atoms with Crippen molar-refractivity contribution in [3.8, 4) is 5.69 Å². The summed E-state index contributed by atoms with van der Waals surface area (Å²) in [4.78, 5) is 19.2. The minimum atomic E-state index is -0.0826. The van der Waals surface area contributed by atoms with E-state index in [9.17, 15) is 4.79 Å².